The predicted octanol–water partition coefficient (Wildman–Crippen LogP) is 3.15. The first-order chi connectivity index (χ1) is 9.39. The summed E-state index contributed by atoms with van der Waals surface area (Å²) in [7, 11) is 0. The Hall–Kier alpha value is -1.42. The van der Waals surface area contributed by atoms with Crippen LogP contribution < -0.4 is 14.2 Å². The molecule has 0 fully saturated rings. The summed E-state index contributed by atoms with van der Waals surface area (Å²) in [5.41, 5.74) is 1.16. The molecule has 112 valence electrons. The Morgan fingerprint density at radius 3 is 2.50 bits per heavy atom. The van der Waals surface area contributed by atoms with Crippen LogP contribution in [0.25, 0.3) is 0 Å². The third kappa shape index (κ3) is 3.79. The molecule has 1 aromatic rings. The van der Waals surface area contributed by atoms with Gasteiger partial charge >= 0.3 is 0 Å². The first-order valence-corrected chi connectivity index (χ1v) is 7.12. The standard InChI is InChI=1S/C16H24O4/c1-5-11-6-14-15(20-10-19-14)7-13(11)18-9-12(17)8-16(2,3)4/h6-7,12,17H,5,8-10H2,1-4H3/t12-/m1/s1. The number of ether oxygens (including phenoxy) is 3. The Labute approximate surface area is 120 Å². The van der Waals surface area contributed by atoms with Gasteiger partial charge in [-0.2, -0.15) is 0 Å². The molecule has 0 radical (unpaired) electrons. The average Bonchev–Trinajstić information content (AvgIpc) is 2.79. The highest BCUT2D eigenvalue weighted by Crippen LogP contribution is 2.38. The van der Waals surface area contributed by atoms with Crippen LogP contribution in [-0.2, 0) is 6.42 Å². The summed E-state index contributed by atoms with van der Waals surface area (Å²) >= 11 is 0. The fourth-order valence-electron chi connectivity index (χ4n) is 2.33. The van der Waals surface area contributed by atoms with Crippen LogP contribution in [-0.4, -0.2) is 24.6 Å². The zero-order valence-electron chi connectivity index (χ0n) is 12.7. The molecule has 1 aromatic carbocycles. The van der Waals surface area contributed by atoms with Crippen LogP contribution in [0.5, 0.6) is 17.2 Å². The summed E-state index contributed by atoms with van der Waals surface area (Å²) in [5.74, 6) is 2.25. The van der Waals surface area contributed by atoms with E-state index in [1.54, 1.807) is 0 Å². The van der Waals surface area contributed by atoms with Crippen LogP contribution in [0.1, 0.15) is 39.7 Å². The van der Waals surface area contributed by atoms with Crippen molar-refractivity contribution in [2.45, 2.75) is 46.6 Å². The van der Waals surface area contributed by atoms with Gasteiger partial charge < -0.3 is 19.3 Å². The monoisotopic (exact) mass is 280 g/mol. The van der Waals surface area contributed by atoms with Gasteiger partial charge in [-0.05, 0) is 29.9 Å². The molecule has 0 aromatic heterocycles. The molecule has 2 rings (SSSR count). The van der Waals surface area contributed by atoms with Crippen molar-refractivity contribution in [2.75, 3.05) is 13.4 Å². The minimum atomic E-state index is -0.467. The minimum Gasteiger partial charge on any atom is -0.490 e. The van der Waals surface area contributed by atoms with Crippen LogP contribution in [0.2, 0.25) is 0 Å². The van der Waals surface area contributed by atoms with Gasteiger partial charge in [0.1, 0.15) is 12.4 Å². The molecule has 0 unspecified atom stereocenters. The number of aryl methyl sites for hydroxylation is 1. The van der Waals surface area contributed by atoms with Crippen LogP contribution in [0.4, 0.5) is 0 Å². The number of hydrogen-bond acceptors (Lipinski definition) is 4. The second kappa shape index (κ2) is 5.92. The zero-order valence-corrected chi connectivity index (χ0v) is 12.7. The molecule has 1 N–H and O–H groups in total. The highest BCUT2D eigenvalue weighted by Gasteiger charge is 2.20. The van der Waals surface area contributed by atoms with Gasteiger partial charge in [0, 0.05) is 6.07 Å². The molecular formula is C16H24O4. The van der Waals surface area contributed by atoms with Gasteiger partial charge in [0.25, 0.3) is 0 Å². The molecule has 4 nitrogen and oxygen atoms in total. The SMILES string of the molecule is CCc1cc2c(cc1OC[C@H](O)CC(C)(C)C)OCO2. The minimum absolute atomic E-state index is 0.0885. The van der Waals surface area contributed by atoms with Crippen molar-refractivity contribution in [1.82, 2.24) is 0 Å². The lowest BCUT2D eigenvalue weighted by Crippen LogP contribution is -2.24. The topological polar surface area (TPSA) is 47.9 Å². The van der Waals surface area contributed by atoms with Crippen molar-refractivity contribution < 1.29 is 19.3 Å². The maximum atomic E-state index is 10.0. The summed E-state index contributed by atoms with van der Waals surface area (Å²) in [4.78, 5) is 0. The lowest BCUT2D eigenvalue weighted by molar-refractivity contribution is 0.0706. The summed E-state index contributed by atoms with van der Waals surface area (Å²) in [6.07, 6.45) is 1.09. The first kappa shape index (κ1) is 15.0. The Kier molecular flexibility index (Phi) is 4.43. The number of fused-ring (bicyclic) bond motifs is 1. The van der Waals surface area contributed by atoms with Crippen molar-refractivity contribution in [3.8, 4) is 17.2 Å². The van der Waals surface area contributed by atoms with Crippen LogP contribution >= 0.6 is 0 Å². The van der Waals surface area contributed by atoms with E-state index in [1.807, 2.05) is 12.1 Å². The van der Waals surface area contributed by atoms with E-state index in [-0.39, 0.29) is 12.2 Å². The van der Waals surface area contributed by atoms with Crippen LogP contribution in [0, 0.1) is 5.41 Å². The van der Waals surface area contributed by atoms with Crippen molar-refractivity contribution in [1.29, 1.82) is 0 Å². The normalized spacial score (nSPS) is 15.2. The Morgan fingerprint density at radius 2 is 1.90 bits per heavy atom. The van der Waals surface area contributed by atoms with Crippen LogP contribution in [0.3, 0.4) is 0 Å². The number of hydrogen-bond donors (Lipinski definition) is 1. The van der Waals surface area contributed by atoms with Gasteiger partial charge in [0.05, 0.1) is 6.10 Å². The summed E-state index contributed by atoms with van der Waals surface area (Å²) in [6, 6.07) is 3.80. The number of aliphatic hydroxyl groups is 1. The Balaban J connectivity index is 2.02. The number of rotatable bonds is 5. The third-order valence-electron chi connectivity index (χ3n) is 3.22. The molecule has 0 saturated heterocycles. The van der Waals surface area contributed by atoms with E-state index < -0.39 is 6.10 Å². The first-order valence-electron chi connectivity index (χ1n) is 7.12. The largest absolute Gasteiger partial charge is 0.490 e. The lowest BCUT2D eigenvalue weighted by Gasteiger charge is -2.22. The molecule has 0 spiro atoms. The second-order valence-electron chi connectivity index (χ2n) is 6.40. The number of benzene rings is 1. The highest BCUT2D eigenvalue weighted by atomic mass is 16.7. The molecule has 1 atom stereocenters. The fourth-order valence-corrected chi connectivity index (χ4v) is 2.33. The molecule has 1 aliphatic heterocycles. The van der Waals surface area contributed by atoms with Gasteiger partial charge in [-0.15, -0.1) is 0 Å². The lowest BCUT2D eigenvalue weighted by atomic mass is 9.89. The summed E-state index contributed by atoms with van der Waals surface area (Å²) in [6.45, 7) is 8.94. The van der Waals surface area contributed by atoms with Crippen molar-refractivity contribution >= 4 is 0 Å². The fraction of sp³-hybridized carbons (Fsp3) is 0.625. The van der Waals surface area contributed by atoms with E-state index in [9.17, 15) is 5.11 Å². The second-order valence-corrected chi connectivity index (χ2v) is 6.40. The van der Waals surface area contributed by atoms with Crippen molar-refractivity contribution in [3.63, 3.8) is 0 Å². The molecule has 1 aliphatic rings. The maximum absolute atomic E-state index is 10.0. The van der Waals surface area contributed by atoms with Crippen molar-refractivity contribution in [3.05, 3.63) is 17.7 Å². The third-order valence-corrected chi connectivity index (χ3v) is 3.22. The predicted molar refractivity (Wildman–Crippen MR) is 77.5 cm³/mol. The van der Waals surface area contributed by atoms with Crippen molar-refractivity contribution in [2.24, 2.45) is 5.41 Å². The Bertz CT molecular complexity index is 462. The maximum Gasteiger partial charge on any atom is 0.231 e. The summed E-state index contributed by atoms with van der Waals surface area (Å²) in [5, 5.41) is 10.0. The molecule has 0 aliphatic carbocycles. The van der Waals surface area contributed by atoms with E-state index >= 15 is 0 Å². The molecule has 0 saturated carbocycles. The summed E-state index contributed by atoms with van der Waals surface area (Å²) < 4.78 is 16.5. The molecular weight excluding hydrogens is 256 g/mol. The van der Waals surface area contributed by atoms with Gasteiger partial charge in [0.15, 0.2) is 11.5 Å². The van der Waals surface area contributed by atoms with E-state index in [4.69, 9.17) is 14.2 Å². The zero-order chi connectivity index (χ0) is 14.8. The molecule has 0 bridgehead atoms. The van der Waals surface area contributed by atoms with Crippen LogP contribution in [0.15, 0.2) is 12.1 Å². The van der Waals surface area contributed by atoms with E-state index in [0.717, 1.165) is 23.5 Å². The van der Waals surface area contributed by atoms with E-state index in [2.05, 4.69) is 27.7 Å². The van der Waals surface area contributed by atoms with Gasteiger partial charge in [-0.25, -0.2) is 0 Å². The van der Waals surface area contributed by atoms with E-state index in [1.165, 1.54) is 0 Å². The molecule has 20 heavy (non-hydrogen) atoms. The van der Waals surface area contributed by atoms with Gasteiger partial charge in [-0.3, -0.25) is 0 Å². The average molecular weight is 280 g/mol. The molecule has 0 amide bonds. The quantitative estimate of drug-likeness (QED) is 0.900. The number of aliphatic hydroxyl groups excluding tert-OH is 1. The Morgan fingerprint density at radius 1 is 1.25 bits per heavy atom. The highest BCUT2D eigenvalue weighted by molar-refractivity contribution is 5.51. The molecule has 4 heteroatoms. The van der Waals surface area contributed by atoms with Gasteiger partial charge in [0.2, 0.25) is 6.79 Å². The molecule has 1 heterocycles. The van der Waals surface area contributed by atoms with E-state index in [0.29, 0.717) is 18.8 Å². The van der Waals surface area contributed by atoms with Gasteiger partial charge in [-0.1, -0.05) is 27.7 Å². The smallest absolute Gasteiger partial charge is 0.231 e.